The average molecular weight is 625 g/mol. The van der Waals surface area contributed by atoms with Crippen LogP contribution < -0.4 is 0 Å². The van der Waals surface area contributed by atoms with E-state index in [1.807, 2.05) is 0 Å². The second-order valence-electron chi connectivity index (χ2n) is 12.0. The van der Waals surface area contributed by atoms with Gasteiger partial charge in [-0.3, -0.25) is 9.59 Å². The predicted molar refractivity (Wildman–Crippen MR) is 195 cm³/mol. The number of aliphatic carboxylic acids is 1. The van der Waals surface area contributed by atoms with Crippen LogP contribution in [0.5, 0.6) is 0 Å². The van der Waals surface area contributed by atoms with Crippen molar-refractivity contribution in [1.29, 1.82) is 0 Å². The van der Waals surface area contributed by atoms with E-state index in [1.165, 1.54) is 38.5 Å². The molecule has 45 heavy (non-hydrogen) atoms. The van der Waals surface area contributed by atoms with Gasteiger partial charge in [0.2, 0.25) is 0 Å². The molecule has 0 bridgehead atoms. The van der Waals surface area contributed by atoms with Crippen molar-refractivity contribution in [3.05, 3.63) is 72.9 Å². The molecule has 0 aliphatic rings. The van der Waals surface area contributed by atoms with Crippen molar-refractivity contribution in [3.63, 3.8) is 0 Å². The van der Waals surface area contributed by atoms with Crippen molar-refractivity contribution in [3.8, 4) is 0 Å². The van der Waals surface area contributed by atoms with Crippen LogP contribution in [0, 0.1) is 0 Å². The highest BCUT2D eigenvalue weighted by molar-refractivity contribution is 5.69. The number of unbranched alkanes of at least 4 members (excludes halogenated alkanes) is 11. The van der Waals surface area contributed by atoms with Crippen LogP contribution in [0.2, 0.25) is 0 Å². The molecule has 0 aromatic rings. The number of hydrogen-bond acceptors (Lipinski definition) is 3. The fraction of sp³-hybridized carbons (Fsp3) is 0.659. The van der Waals surface area contributed by atoms with E-state index >= 15 is 0 Å². The van der Waals surface area contributed by atoms with Crippen LogP contribution in [-0.4, -0.2) is 23.1 Å². The first-order valence-corrected chi connectivity index (χ1v) is 18.4. The van der Waals surface area contributed by atoms with Crippen molar-refractivity contribution >= 4 is 11.9 Å². The van der Waals surface area contributed by atoms with E-state index in [-0.39, 0.29) is 18.5 Å². The Balaban J connectivity index is 4.02. The second kappa shape index (κ2) is 35.9. The van der Waals surface area contributed by atoms with Crippen LogP contribution in [0.1, 0.15) is 168 Å². The zero-order valence-electron chi connectivity index (χ0n) is 29.1. The molecule has 0 aromatic carbocycles. The third-order valence-electron chi connectivity index (χ3n) is 7.69. The van der Waals surface area contributed by atoms with Crippen LogP contribution in [0.3, 0.4) is 0 Å². The number of allylic oxidation sites excluding steroid dienone is 12. The van der Waals surface area contributed by atoms with E-state index in [0.29, 0.717) is 6.42 Å². The average Bonchev–Trinajstić information content (AvgIpc) is 3.02. The minimum Gasteiger partial charge on any atom is -0.481 e. The summed E-state index contributed by atoms with van der Waals surface area (Å²) in [7, 11) is 0. The molecule has 0 aromatic heterocycles. The van der Waals surface area contributed by atoms with Crippen LogP contribution >= 0.6 is 0 Å². The molecule has 0 fully saturated rings. The number of esters is 1. The number of carbonyl (C=O) groups excluding carboxylic acids is 1. The molecule has 0 aliphatic carbocycles. The van der Waals surface area contributed by atoms with E-state index in [2.05, 4.69) is 86.8 Å². The third kappa shape index (κ3) is 35.7. The number of carbonyl (C=O) groups is 2. The van der Waals surface area contributed by atoms with Crippen LogP contribution in [0.4, 0.5) is 0 Å². The fourth-order valence-electron chi connectivity index (χ4n) is 5.01. The number of rotatable bonds is 32. The molecule has 0 amide bonds. The summed E-state index contributed by atoms with van der Waals surface area (Å²) < 4.78 is 5.91. The van der Waals surface area contributed by atoms with E-state index in [0.717, 1.165) is 103 Å². The Bertz CT molecular complexity index is 846. The van der Waals surface area contributed by atoms with Crippen molar-refractivity contribution in [2.75, 3.05) is 0 Å². The highest BCUT2D eigenvalue weighted by Crippen LogP contribution is 2.18. The Kier molecular flexibility index (Phi) is 33.8. The number of carboxylic acid groups (broad SMARTS) is 1. The molecular formula is C41H68O4. The summed E-state index contributed by atoms with van der Waals surface area (Å²) in [4.78, 5) is 23.2. The highest BCUT2D eigenvalue weighted by atomic mass is 16.5. The topological polar surface area (TPSA) is 63.6 Å². The molecule has 0 saturated carbocycles. The van der Waals surface area contributed by atoms with Gasteiger partial charge in [-0.25, -0.2) is 0 Å². The minimum absolute atomic E-state index is 0.0102. The summed E-state index contributed by atoms with van der Waals surface area (Å²) in [5, 5.41) is 8.81. The van der Waals surface area contributed by atoms with Crippen LogP contribution in [-0.2, 0) is 14.3 Å². The first-order valence-electron chi connectivity index (χ1n) is 18.4. The van der Waals surface area contributed by atoms with Crippen molar-refractivity contribution in [1.82, 2.24) is 0 Å². The van der Waals surface area contributed by atoms with Gasteiger partial charge in [0, 0.05) is 12.8 Å². The Morgan fingerprint density at radius 2 is 0.933 bits per heavy atom. The summed E-state index contributed by atoms with van der Waals surface area (Å²) in [5.41, 5.74) is 0. The lowest BCUT2D eigenvalue weighted by atomic mass is 10.0. The monoisotopic (exact) mass is 625 g/mol. The third-order valence-corrected chi connectivity index (χ3v) is 7.69. The zero-order chi connectivity index (χ0) is 32.9. The normalized spacial score (nSPS) is 13.1. The van der Waals surface area contributed by atoms with Crippen LogP contribution in [0.15, 0.2) is 72.9 Å². The molecule has 1 atom stereocenters. The molecule has 4 nitrogen and oxygen atoms in total. The molecule has 1 N–H and O–H groups in total. The van der Waals surface area contributed by atoms with Crippen molar-refractivity contribution in [2.24, 2.45) is 0 Å². The number of carboxylic acids is 1. The largest absolute Gasteiger partial charge is 0.481 e. The van der Waals surface area contributed by atoms with Crippen molar-refractivity contribution < 1.29 is 19.4 Å². The molecule has 4 heteroatoms. The van der Waals surface area contributed by atoms with Gasteiger partial charge < -0.3 is 9.84 Å². The molecule has 0 heterocycles. The van der Waals surface area contributed by atoms with Gasteiger partial charge in [-0.2, -0.15) is 0 Å². The maximum absolute atomic E-state index is 12.5. The molecule has 256 valence electrons. The summed E-state index contributed by atoms with van der Waals surface area (Å²) >= 11 is 0. The molecule has 0 aliphatic heterocycles. The first-order chi connectivity index (χ1) is 22.1. The van der Waals surface area contributed by atoms with Gasteiger partial charge >= 0.3 is 11.9 Å². The fourth-order valence-corrected chi connectivity index (χ4v) is 5.01. The first kappa shape index (κ1) is 42.4. The quantitative estimate of drug-likeness (QED) is 0.0459. The molecule has 0 rings (SSSR count). The molecule has 0 saturated heterocycles. The lowest BCUT2D eigenvalue weighted by Crippen LogP contribution is -2.18. The molecular weight excluding hydrogens is 556 g/mol. The van der Waals surface area contributed by atoms with Gasteiger partial charge in [-0.05, 0) is 89.9 Å². The molecule has 0 radical (unpaired) electrons. The summed E-state index contributed by atoms with van der Waals surface area (Å²) in [5.74, 6) is -0.779. The van der Waals surface area contributed by atoms with E-state index in [4.69, 9.17) is 9.84 Å². The second-order valence-corrected chi connectivity index (χ2v) is 12.0. The standard InChI is InChI=1S/C41H68O4/c1-3-5-7-9-11-12-13-14-15-16-17-18-19-20-21-22-23-24-26-28-34-38-41(44)45-39(35-31-27-25-10-8-6-4-2)36-32-29-30-33-37-40(42)43/h5,7,11-12,14-15,17-18,20-21,23-24,39H,3-4,6,8-10,13,16,19,22,25-38H2,1-2H3,(H,42,43)/b7-5-,12-11-,15-14-,18-17-,21-20-,24-23-. The Hall–Kier alpha value is -2.62. The van der Waals surface area contributed by atoms with E-state index < -0.39 is 5.97 Å². The Morgan fingerprint density at radius 1 is 0.511 bits per heavy atom. The van der Waals surface area contributed by atoms with Crippen molar-refractivity contribution in [2.45, 2.75) is 174 Å². The molecule has 1 unspecified atom stereocenters. The number of ether oxygens (including phenoxy) is 1. The Morgan fingerprint density at radius 3 is 1.42 bits per heavy atom. The smallest absolute Gasteiger partial charge is 0.306 e. The van der Waals surface area contributed by atoms with E-state index in [1.54, 1.807) is 0 Å². The van der Waals surface area contributed by atoms with Gasteiger partial charge in [-0.15, -0.1) is 0 Å². The van der Waals surface area contributed by atoms with Gasteiger partial charge in [0.25, 0.3) is 0 Å². The lowest BCUT2D eigenvalue weighted by Gasteiger charge is -2.18. The summed E-state index contributed by atoms with van der Waals surface area (Å²) in [6, 6.07) is 0. The van der Waals surface area contributed by atoms with Gasteiger partial charge in [-0.1, -0.05) is 138 Å². The summed E-state index contributed by atoms with van der Waals surface area (Å²) in [6.45, 7) is 4.40. The SMILES string of the molecule is CC/C=C\C/C=C\C/C=C\C/C=C\C/C=C\C/C=C\CCCCC(=O)OC(CCCCCCCCC)CCCCCCC(=O)O. The van der Waals surface area contributed by atoms with Crippen LogP contribution in [0.25, 0.3) is 0 Å². The Labute approximate surface area is 277 Å². The van der Waals surface area contributed by atoms with Gasteiger partial charge in [0.15, 0.2) is 0 Å². The lowest BCUT2D eigenvalue weighted by molar-refractivity contribution is -0.150. The van der Waals surface area contributed by atoms with Gasteiger partial charge in [0.1, 0.15) is 6.10 Å². The number of hydrogen-bond donors (Lipinski definition) is 1. The van der Waals surface area contributed by atoms with E-state index in [9.17, 15) is 9.59 Å². The predicted octanol–water partition coefficient (Wildman–Crippen LogP) is 12.7. The maximum Gasteiger partial charge on any atom is 0.306 e. The maximum atomic E-state index is 12.5. The summed E-state index contributed by atoms with van der Waals surface area (Å²) in [6.07, 6.45) is 50.6. The minimum atomic E-state index is -0.721. The van der Waals surface area contributed by atoms with Gasteiger partial charge in [0.05, 0.1) is 0 Å². The molecule has 0 spiro atoms. The highest BCUT2D eigenvalue weighted by Gasteiger charge is 2.14. The zero-order valence-corrected chi connectivity index (χ0v) is 29.1.